The van der Waals surface area contributed by atoms with Gasteiger partial charge in [0.05, 0.1) is 19.2 Å². The highest BCUT2D eigenvalue weighted by Gasteiger charge is 2.29. The van der Waals surface area contributed by atoms with Crippen LogP contribution in [0, 0.1) is 6.92 Å². The van der Waals surface area contributed by atoms with E-state index in [-0.39, 0.29) is 52.6 Å². The Balaban J connectivity index is 1.67. The van der Waals surface area contributed by atoms with Gasteiger partial charge in [-0.25, -0.2) is 0 Å². The van der Waals surface area contributed by atoms with Crippen LogP contribution >= 0.6 is 0 Å². The molecule has 1 fully saturated rings. The summed E-state index contributed by atoms with van der Waals surface area (Å²) < 4.78 is 8.65. The summed E-state index contributed by atoms with van der Waals surface area (Å²) in [6.45, 7) is 4.37. The number of carbonyl (C=O) groups is 3. The summed E-state index contributed by atoms with van der Waals surface area (Å²) >= 11 is 0. The maximum atomic E-state index is 13.5. The van der Waals surface area contributed by atoms with Crippen LogP contribution in [-0.4, -0.2) is 57.9 Å². The number of hydrogen-bond donors (Lipinski definition) is 1. The third-order valence-electron chi connectivity index (χ3n) is 6.72. The molecule has 4 rings (SSSR count). The van der Waals surface area contributed by atoms with Gasteiger partial charge in [-0.3, -0.25) is 19.2 Å². The number of piperidine rings is 1. The second-order valence-corrected chi connectivity index (χ2v) is 8.92. The van der Waals surface area contributed by atoms with Crippen molar-refractivity contribution in [3.63, 3.8) is 0 Å². The molecule has 0 saturated carbocycles. The third-order valence-corrected chi connectivity index (χ3v) is 6.72. The molecule has 3 heterocycles. The van der Waals surface area contributed by atoms with Crippen molar-refractivity contribution >= 4 is 28.5 Å². The van der Waals surface area contributed by atoms with E-state index in [1.165, 1.54) is 11.7 Å². The van der Waals surface area contributed by atoms with Gasteiger partial charge in [0.15, 0.2) is 17.2 Å². The van der Waals surface area contributed by atoms with E-state index in [0.29, 0.717) is 42.7 Å². The summed E-state index contributed by atoms with van der Waals surface area (Å²) in [5.41, 5.74) is 1.56. The number of nitrogens with zero attached hydrogens (tertiary/aromatic N) is 3. The first-order valence-corrected chi connectivity index (χ1v) is 11.6. The smallest absolute Gasteiger partial charge is 0.272 e. The van der Waals surface area contributed by atoms with Gasteiger partial charge in [-0.1, -0.05) is 30.3 Å². The molecular weight excluding hydrogens is 448 g/mol. The van der Waals surface area contributed by atoms with Gasteiger partial charge < -0.3 is 24.1 Å². The molecule has 1 aliphatic rings. The van der Waals surface area contributed by atoms with E-state index in [9.17, 15) is 19.2 Å². The van der Waals surface area contributed by atoms with Crippen molar-refractivity contribution in [3.05, 3.63) is 63.7 Å². The van der Waals surface area contributed by atoms with Gasteiger partial charge >= 0.3 is 0 Å². The Bertz CT molecular complexity index is 1350. The number of nitrogens with one attached hydrogen (secondary N) is 1. The number of Topliss-reactive ketones (excluding diaryl/α,β-unsaturated/α-hetero) is 1. The van der Waals surface area contributed by atoms with Gasteiger partial charge in [0.2, 0.25) is 5.91 Å². The molecule has 0 atom stereocenters. The van der Waals surface area contributed by atoms with Crippen LogP contribution in [0.5, 0.6) is 5.75 Å². The lowest BCUT2D eigenvalue weighted by Crippen LogP contribution is -2.46. The van der Waals surface area contributed by atoms with Crippen molar-refractivity contribution in [2.45, 2.75) is 39.3 Å². The molecule has 0 unspecified atom stereocenters. The lowest BCUT2D eigenvalue weighted by molar-refractivity contribution is -0.129. The number of pyridine rings is 1. The number of amides is 2. The minimum atomic E-state index is -0.384. The highest BCUT2D eigenvalue weighted by Crippen LogP contribution is 2.31. The van der Waals surface area contributed by atoms with Crippen LogP contribution in [0.2, 0.25) is 0 Å². The largest absolute Gasteiger partial charge is 0.493 e. The van der Waals surface area contributed by atoms with Gasteiger partial charge in [0, 0.05) is 44.4 Å². The summed E-state index contributed by atoms with van der Waals surface area (Å²) in [5, 5.41) is 3.29. The van der Waals surface area contributed by atoms with Crippen LogP contribution < -0.4 is 15.6 Å². The molecule has 1 saturated heterocycles. The first-order valence-electron chi connectivity index (χ1n) is 11.6. The summed E-state index contributed by atoms with van der Waals surface area (Å²) in [6, 6.07) is 10.5. The van der Waals surface area contributed by atoms with Crippen LogP contribution in [0.25, 0.3) is 10.9 Å². The Morgan fingerprint density at radius 2 is 1.77 bits per heavy atom. The first kappa shape index (κ1) is 24.3. The summed E-state index contributed by atoms with van der Waals surface area (Å²) in [7, 11) is 3.14. The zero-order valence-electron chi connectivity index (χ0n) is 20.5. The van der Waals surface area contributed by atoms with Gasteiger partial charge in [-0.2, -0.15) is 0 Å². The molecule has 1 N–H and O–H groups in total. The summed E-state index contributed by atoms with van der Waals surface area (Å²) in [6.07, 6.45) is 1.32. The average Bonchev–Trinajstić information content (AvgIpc) is 3.13. The Kier molecular flexibility index (Phi) is 6.77. The number of benzene rings is 1. The Labute approximate surface area is 203 Å². The van der Waals surface area contributed by atoms with Crippen molar-refractivity contribution < 1.29 is 19.1 Å². The number of carbonyl (C=O) groups excluding carboxylic acids is 3. The normalized spacial score (nSPS) is 14.2. The van der Waals surface area contributed by atoms with Gasteiger partial charge in [-0.05, 0) is 25.8 Å². The van der Waals surface area contributed by atoms with Crippen molar-refractivity contribution in [2.75, 3.05) is 20.2 Å². The van der Waals surface area contributed by atoms with E-state index in [1.807, 2.05) is 6.07 Å². The van der Waals surface area contributed by atoms with E-state index in [4.69, 9.17) is 4.74 Å². The topological polar surface area (TPSA) is 103 Å². The van der Waals surface area contributed by atoms with Crippen LogP contribution in [0.4, 0.5) is 0 Å². The number of ketones is 1. The first-order chi connectivity index (χ1) is 16.7. The number of rotatable bonds is 6. The molecule has 0 bridgehead atoms. The monoisotopic (exact) mass is 478 g/mol. The number of ether oxygens (including phenoxy) is 1. The lowest BCUT2D eigenvalue weighted by atomic mass is 10.0. The zero-order valence-corrected chi connectivity index (χ0v) is 20.5. The molecule has 2 aromatic heterocycles. The summed E-state index contributed by atoms with van der Waals surface area (Å²) in [5.74, 6) is -0.305. The number of methoxy groups -OCH3 is 1. The van der Waals surface area contributed by atoms with Gasteiger partial charge in [-0.15, -0.1) is 0 Å². The van der Waals surface area contributed by atoms with Crippen LogP contribution in [0.3, 0.4) is 0 Å². The Morgan fingerprint density at radius 3 is 2.37 bits per heavy atom. The van der Waals surface area contributed by atoms with E-state index in [0.717, 1.165) is 0 Å². The number of aryl methyl sites for hydroxylation is 2. The van der Waals surface area contributed by atoms with Crippen molar-refractivity contribution in [2.24, 2.45) is 7.05 Å². The Morgan fingerprint density at radius 1 is 1.11 bits per heavy atom. The van der Waals surface area contributed by atoms with Gasteiger partial charge in [0.1, 0.15) is 5.39 Å². The maximum absolute atomic E-state index is 13.5. The van der Waals surface area contributed by atoms with Crippen LogP contribution in [0.1, 0.15) is 46.3 Å². The number of aromatic nitrogens is 2. The van der Waals surface area contributed by atoms with Crippen LogP contribution in [0.15, 0.2) is 41.2 Å². The predicted molar refractivity (Wildman–Crippen MR) is 132 cm³/mol. The molecule has 184 valence electrons. The second kappa shape index (κ2) is 9.77. The average molecular weight is 479 g/mol. The fourth-order valence-corrected chi connectivity index (χ4v) is 4.72. The van der Waals surface area contributed by atoms with E-state index in [2.05, 4.69) is 5.32 Å². The zero-order chi connectivity index (χ0) is 25.3. The van der Waals surface area contributed by atoms with E-state index in [1.54, 1.807) is 60.7 Å². The minimum absolute atomic E-state index is 0.0301. The molecular formula is C26H30N4O5. The van der Waals surface area contributed by atoms with E-state index < -0.39 is 0 Å². The highest BCUT2D eigenvalue weighted by atomic mass is 16.5. The SMILES string of the molecule is COc1c(C(=O)NC2CCN(C(C)=O)CC2)n(C)c2cc(C)n(CC(=O)c3ccccc3)c(=O)c12. The van der Waals surface area contributed by atoms with Crippen LogP contribution in [-0.2, 0) is 18.4 Å². The lowest BCUT2D eigenvalue weighted by Gasteiger charge is -2.31. The number of likely N-dealkylation sites (tertiary alicyclic amines) is 1. The standard InChI is InChI=1S/C26H30N4O5/c1-16-14-20-22(26(34)30(16)15-21(32)18-8-6-5-7-9-18)24(35-4)23(28(20)3)25(33)27-19-10-12-29(13-11-19)17(2)31/h5-9,14,19H,10-13,15H2,1-4H3,(H,27,33). The molecule has 35 heavy (non-hydrogen) atoms. The molecule has 9 heteroatoms. The molecule has 3 aromatic rings. The van der Waals surface area contributed by atoms with E-state index >= 15 is 0 Å². The van der Waals surface area contributed by atoms with Crippen molar-refractivity contribution in [1.82, 2.24) is 19.4 Å². The van der Waals surface area contributed by atoms with Crippen molar-refractivity contribution in [1.29, 1.82) is 0 Å². The Hall–Kier alpha value is -3.88. The fraction of sp³-hybridized carbons (Fsp3) is 0.385. The summed E-state index contributed by atoms with van der Waals surface area (Å²) in [4.78, 5) is 52.9. The molecule has 9 nitrogen and oxygen atoms in total. The highest BCUT2D eigenvalue weighted by molar-refractivity contribution is 6.04. The molecule has 2 amide bonds. The molecule has 0 radical (unpaired) electrons. The number of hydrogen-bond acceptors (Lipinski definition) is 5. The maximum Gasteiger partial charge on any atom is 0.272 e. The molecule has 0 aliphatic carbocycles. The number of fused-ring (bicyclic) bond motifs is 1. The quantitative estimate of drug-likeness (QED) is 0.548. The van der Waals surface area contributed by atoms with Gasteiger partial charge in [0.25, 0.3) is 11.5 Å². The minimum Gasteiger partial charge on any atom is -0.493 e. The molecule has 0 spiro atoms. The fourth-order valence-electron chi connectivity index (χ4n) is 4.72. The second-order valence-electron chi connectivity index (χ2n) is 8.92. The predicted octanol–water partition coefficient (Wildman–Crippen LogP) is 2.28. The van der Waals surface area contributed by atoms with Crippen molar-refractivity contribution in [3.8, 4) is 5.75 Å². The third kappa shape index (κ3) is 4.58. The molecule has 1 aromatic carbocycles. The molecule has 1 aliphatic heterocycles.